The third-order valence-corrected chi connectivity index (χ3v) is 2.93. The minimum absolute atomic E-state index is 0.359. The Morgan fingerprint density at radius 3 is 2.45 bits per heavy atom. The summed E-state index contributed by atoms with van der Waals surface area (Å²) in [7, 11) is 0. The van der Waals surface area contributed by atoms with E-state index in [1.54, 1.807) is 6.92 Å². The Kier molecular flexibility index (Phi) is 6.18. The lowest BCUT2D eigenvalue weighted by Gasteiger charge is -2.06. The highest BCUT2D eigenvalue weighted by atomic mass is 16.5. The van der Waals surface area contributed by atoms with Gasteiger partial charge in [0.1, 0.15) is 18.6 Å². The van der Waals surface area contributed by atoms with Gasteiger partial charge < -0.3 is 9.47 Å². The van der Waals surface area contributed by atoms with Crippen LogP contribution in [0.1, 0.15) is 18.1 Å². The Morgan fingerprint density at radius 1 is 1.05 bits per heavy atom. The summed E-state index contributed by atoms with van der Waals surface area (Å²) in [6.45, 7) is 3.11. The molecule has 0 aliphatic carbocycles. The number of rotatable bonds is 7. The second kappa shape index (κ2) is 8.62. The fraction of sp³-hybridized carbons (Fsp3) is 0.222. The van der Waals surface area contributed by atoms with E-state index in [1.807, 2.05) is 54.6 Å². The SMILES string of the molecule is CCOC(=O)C=NCc1ccc(OCc2ccccc2)cc1. The molecule has 0 radical (unpaired) electrons. The van der Waals surface area contributed by atoms with Crippen molar-refractivity contribution in [2.75, 3.05) is 6.61 Å². The van der Waals surface area contributed by atoms with Crippen molar-refractivity contribution in [3.63, 3.8) is 0 Å². The summed E-state index contributed by atoms with van der Waals surface area (Å²) < 4.78 is 10.5. The van der Waals surface area contributed by atoms with Crippen LogP contribution in [0, 0.1) is 0 Å². The average molecular weight is 297 g/mol. The van der Waals surface area contributed by atoms with Gasteiger partial charge in [0, 0.05) is 0 Å². The van der Waals surface area contributed by atoms with Crippen LogP contribution in [0.3, 0.4) is 0 Å². The zero-order chi connectivity index (χ0) is 15.6. The van der Waals surface area contributed by atoms with Crippen LogP contribution in [0.15, 0.2) is 59.6 Å². The lowest BCUT2D eigenvalue weighted by molar-refractivity contribution is -0.134. The van der Waals surface area contributed by atoms with Gasteiger partial charge in [0.05, 0.1) is 13.2 Å². The monoisotopic (exact) mass is 297 g/mol. The van der Waals surface area contributed by atoms with Gasteiger partial charge in [0.25, 0.3) is 0 Å². The number of hydrogen-bond acceptors (Lipinski definition) is 4. The van der Waals surface area contributed by atoms with Gasteiger partial charge in [-0.25, -0.2) is 4.79 Å². The minimum atomic E-state index is -0.412. The van der Waals surface area contributed by atoms with Crippen molar-refractivity contribution in [3.8, 4) is 5.75 Å². The summed E-state index contributed by atoms with van der Waals surface area (Å²) in [4.78, 5) is 15.2. The lowest BCUT2D eigenvalue weighted by atomic mass is 10.2. The number of hydrogen-bond donors (Lipinski definition) is 0. The third kappa shape index (κ3) is 5.40. The molecular weight excluding hydrogens is 278 g/mol. The van der Waals surface area contributed by atoms with Crippen LogP contribution >= 0.6 is 0 Å². The highest BCUT2D eigenvalue weighted by molar-refractivity contribution is 6.23. The molecule has 0 aromatic heterocycles. The van der Waals surface area contributed by atoms with Crippen molar-refractivity contribution >= 4 is 12.2 Å². The van der Waals surface area contributed by atoms with Gasteiger partial charge in [0.15, 0.2) is 0 Å². The summed E-state index contributed by atoms with van der Waals surface area (Å²) in [6, 6.07) is 17.7. The smallest absolute Gasteiger partial charge is 0.348 e. The maximum Gasteiger partial charge on any atom is 0.348 e. The van der Waals surface area contributed by atoms with Crippen LogP contribution < -0.4 is 4.74 Å². The Morgan fingerprint density at radius 2 is 1.77 bits per heavy atom. The first-order valence-electron chi connectivity index (χ1n) is 7.20. The molecule has 0 saturated heterocycles. The van der Waals surface area contributed by atoms with E-state index in [2.05, 4.69) is 4.99 Å². The van der Waals surface area contributed by atoms with Gasteiger partial charge in [-0.05, 0) is 30.2 Å². The quantitative estimate of drug-likeness (QED) is 0.581. The van der Waals surface area contributed by atoms with E-state index in [1.165, 1.54) is 6.21 Å². The number of ether oxygens (including phenoxy) is 2. The standard InChI is InChI=1S/C18H19NO3/c1-2-21-18(20)13-19-12-15-8-10-17(11-9-15)22-14-16-6-4-3-5-7-16/h3-11,13H,2,12,14H2,1H3. The fourth-order valence-corrected chi connectivity index (χ4v) is 1.84. The largest absolute Gasteiger partial charge is 0.489 e. The third-order valence-electron chi connectivity index (χ3n) is 2.93. The normalized spacial score (nSPS) is 10.6. The molecule has 0 aliphatic rings. The van der Waals surface area contributed by atoms with Gasteiger partial charge >= 0.3 is 5.97 Å². The Hall–Kier alpha value is -2.62. The van der Waals surface area contributed by atoms with Gasteiger partial charge in [-0.3, -0.25) is 4.99 Å². The molecule has 0 spiro atoms. The van der Waals surface area contributed by atoms with Gasteiger partial charge in [0.2, 0.25) is 0 Å². The maximum atomic E-state index is 11.1. The van der Waals surface area contributed by atoms with Crippen molar-refractivity contribution in [1.82, 2.24) is 0 Å². The summed E-state index contributed by atoms with van der Waals surface area (Å²) in [6.07, 6.45) is 1.21. The Labute approximate surface area is 130 Å². The van der Waals surface area contributed by atoms with Crippen LogP contribution in [0.4, 0.5) is 0 Å². The van der Waals surface area contributed by atoms with Crippen LogP contribution in [-0.2, 0) is 22.7 Å². The van der Waals surface area contributed by atoms with E-state index in [9.17, 15) is 4.79 Å². The van der Waals surface area contributed by atoms with Crippen LogP contribution in [0.25, 0.3) is 0 Å². The number of benzene rings is 2. The van der Waals surface area contributed by atoms with E-state index < -0.39 is 5.97 Å². The molecule has 0 fully saturated rings. The molecule has 0 bridgehead atoms. The van der Waals surface area contributed by atoms with E-state index in [0.29, 0.717) is 19.8 Å². The second-order valence-corrected chi connectivity index (χ2v) is 4.64. The zero-order valence-corrected chi connectivity index (χ0v) is 12.6. The highest BCUT2D eigenvalue weighted by Gasteiger charge is 1.98. The molecule has 0 saturated carbocycles. The first-order valence-corrected chi connectivity index (χ1v) is 7.20. The van der Waals surface area contributed by atoms with E-state index in [0.717, 1.165) is 16.9 Å². The molecule has 0 heterocycles. The predicted molar refractivity (Wildman–Crippen MR) is 86.0 cm³/mol. The Balaban J connectivity index is 1.81. The first-order chi connectivity index (χ1) is 10.8. The number of nitrogens with zero attached hydrogens (tertiary/aromatic N) is 1. The molecule has 0 N–H and O–H groups in total. The van der Waals surface area contributed by atoms with E-state index in [-0.39, 0.29) is 0 Å². The average Bonchev–Trinajstić information content (AvgIpc) is 2.55. The number of carbonyl (C=O) groups is 1. The number of carbonyl (C=O) groups excluding carboxylic acids is 1. The molecule has 0 amide bonds. The summed E-state index contributed by atoms with van der Waals surface area (Å²) in [5.74, 6) is 0.396. The summed E-state index contributed by atoms with van der Waals surface area (Å²) in [5, 5.41) is 0. The van der Waals surface area contributed by atoms with E-state index >= 15 is 0 Å². The van der Waals surface area contributed by atoms with Crippen molar-refractivity contribution in [2.45, 2.75) is 20.1 Å². The maximum absolute atomic E-state index is 11.1. The van der Waals surface area contributed by atoms with Gasteiger partial charge in [-0.1, -0.05) is 42.5 Å². The molecule has 0 unspecified atom stereocenters. The molecule has 4 nitrogen and oxygen atoms in total. The molecule has 0 aliphatic heterocycles. The van der Waals surface area contributed by atoms with Crippen LogP contribution in [-0.4, -0.2) is 18.8 Å². The highest BCUT2D eigenvalue weighted by Crippen LogP contribution is 2.14. The molecule has 4 heteroatoms. The molecule has 2 aromatic carbocycles. The summed E-state index contributed by atoms with van der Waals surface area (Å²) >= 11 is 0. The van der Waals surface area contributed by atoms with Crippen molar-refractivity contribution in [1.29, 1.82) is 0 Å². The molecular formula is C18H19NO3. The topological polar surface area (TPSA) is 47.9 Å². The van der Waals surface area contributed by atoms with E-state index in [4.69, 9.17) is 9.47 Å². The fourth-order valence-electron chi connectivity index (χ4n) is 1.84. The molecule has 2 rings (SSSR count). The van der Waals surface area contributed by atoms with Crippen LogP contribution in [0.2, 0.25) is 0 Å². The summed E-state index contributed by atoms with van der Waals surface area (Å²) in [5.41, 5.74) is 2.14. The lowest BCUT2D eigenvalue weighted by Crippen LogP contribution is -2.04. The van der Waals surface area contributed by atoms with Crippen LogP contribution in [0.5, 0.6) is 5.75 Å². The van der Waals surface area contributed by atoms with Crippen molar-refractivity contribution < 1.29 is 14.3 Å². The van der Waals surface area contributed by atoms with Crippen molar-refractivity contribution in [3.05, 3.63) is 65.7 Å². The van der Waals surface area contributed by atoms with Gasteiger partial charge in [-0.15, -0.1) is 0 Å². The number of esters is 1. The first kappa shape index (κ1) is 15.8. The predicted octanol–water partition coefficient (Wildman–Crippen LogP) is 3.40. The molecule has 22 heavy (non-hydrogen) atoms. The molecule has 2 aromatic rings. The Bertz CT molecular complexity index is 606. The zero-order valence-electron chi connectivity index (χ0n) is 12.6. The second-order valence-electron chi connectivity index (χ2n) is 4.64. The number of aliphatic imine (C=N–C) groups is 1. The minimum Gasteiger partial charge on any atom is -0.489 e. The van der Waals surface area contributed by atoms with Gasteiger partial charge in [-0.2, -0.15) is 0 Å². The molecule has 114 valence electrons. The molecule has 0 atom stereocenters. The van der Waals surface area contributed by atoms with Crippen molar-refractivity contribution in [2.24, 2.45) is 4.99 Å².